The third kappa shape index (κ3) is 4.57. The van der Waals surface area contributed by atoms with Crippen molar-refractivity contribution in [3.05, 3.63) is 93.5 Å². The average Bonchev–Trinajstić information content (AvgIpc) is 3.18. The lowest BCUT2D eigenvalue weighted by atomic mass is 10.1. The van der Waals surface area contributed by atoms with E-state index in [0.717, 1.165) is 34.4 Å². The van der Waals surface area contributed by atoms with Gasteiger partial charge in [0.25, 0.3) is 5.91 Å². The SMILES string of the molecule is Cc1cccc(C(=O)N2CCc3ccc(CNC(=O)Nc4cccc(Cl)c4C)cc32)c1. The lowest BCUT2D eigenvalue weighted by molar-refractivity contribution is 0.0989. The van der Waals surface area contributed by atoms with E-state index in [1.807, 2.05) is 67.3 Å². The van der Waals surface area contributed by atoms with E-state index in [1.165, 1.54) is 0 Å². The number of fused-ring (bicyclic) bond motifs is 1. The Morgan fingerprint density at radius 3 is 2.65 bits per heavy atom. The van der Waals surface area contributed by atoms with Crippen LogP contribution in [0.15, 0.2) is 60.7 Å². The van der Waals surface area contributed by atoms with Crippen LogP contribution in [0.4, 0.5) is 16.2 Å². The van der Waals surface area contributed by atoms with Crippen LogP contribution in [0.3, 0.4) is 0 Å². The van der Waals surface area contributed by atoms with Gasteiger partial charge in [-0.1, -0.05) is 47.5 Å². The molecule has 0 aliphatic carbocycles. The lowest BCUT2D eigenvalue weighted by Crippen LogP contribution is -2.30. The Kier molecular flexibility index (Phi) is 5.96. The van der Waals surface area contributed by atoms with Crippen LogP contribution in [0.1, 0.15) is 32.6 Å². The minimum atomic E-state index is -0.307. The van der Waals surface area contributed by atoms with E-state index in [2.05, 4.69) is 10.6 Å². The summed E-state index contributed by atoms with van der Waals surface area (Å²) < 4.78 is 0. The maximum Gasteiger partial charge on any atom is 0.319 e. The number of urea groups is 1. The highest BCUT2D eigenvalue weighted by molar-refractivity contribution is 6.31. The molecule has 158 valence electrons. The van der Waals surface area contributed by atoms with Crippen molar-refractivity contribution in [2.45, 2.75) is 26.8 Å². The molecule has 5 nitrogen and oxygen atoms in total. The first-order valence-electron chi connectivity index (χ1n) is 10.2. The summed E-state index contributed by atoms with van der Waals surface area (Å²) in [7, 11) is 0. The number of benzene rings is 3. The van der Waals surface area contributed by atoms with Crippen molar-refractivity contribution in [3.63, 3.8) is 0 Å². The summed E-state index contributed by atoms with van der Waals surface area (Å²) in [4.78, 5) is 27.2. The lowest BCUT2D eigenvalue weighted by Gasteiger charge is -2.18. The third-order valence-corrected chi connectivity index (χ3v) is 5.93. The van der Waals surface area contributed by atoms with Crippen molar-refractivity contribution in [1.29, 1.82) is 0 Å². The molecular formula is C25H24ClN3O2. The van der Waals surface area contributed by atoms with Gasteiger partial charge in [0.15, 0.2) is 0 Å². The zero-order chi connectivity index (χ0) is 22.0. The maximum absolute atomic E-state index is 13.0. The Hall–Kier alpha value is -3.31. The largest absolute Gasteiger partial charge is 0.334 e. The number of amides is 3. The van der Waals surface area contributed by atoms with E-state index in [0.29, 0.717) is 29.4 Å². The molecule has 1 aliphatic rings. The van der Waals surface area contributed by atoms with Gasteiger partial charge in [-0.15, -0.1) is 0 Å². The number of hydrogen-bond acceptors (Lipinski definition) is 2. The van der Waals surface area contributed by atoms with Crippen LogP contribution in [0, 0.1) is 13.8 Å². The number of nitrogens with zero attached hydrogens (tertiary/aromatic N) is 1. The second-order valence-electron chi connectivity index (χ2n) is 7.76. The molecule has 0 aromatic heterocycles. The van der Waals surface area contributed by atoms with Crippen molar-refractivity contribution >= 4 is 34.9 Å². The smallest absolute Gasteiger partial charge is 0.319 e. The zero-order valence-electron chi connectivity index (χ0n) is 17.5. The first-order chi connectivity index (χ1) is 14.9. The van der Waals surface area contributed by atoms with Crippen LogP contribution < -0.4 is 15.5 Å². The van der Waals surface area contributed by atoms with Gasteiger partial charge >= 0.3 is 6.03 Å². The fraction of sp³-hybridized carbons (Fsp3) is 0.200. The number of hydrogen-bond donors (Lipinski definition) is 2. The summed E-state index contributed by atoms with van der Waals surface area (Å²) in [5, 5.41) is 6.31. The summed E-state index contributed by atoms with van der Waals surface area (Å²) in [6.07, 6.45) is 0.828. The molecule has 1 aliphatic heterocycles. The molecule has 0 spiro atoms. The average molecular weight is 434 g/mol. The molecule has 4 rings (SSSR count). The number of anilines is 2. The Morgan fingerprint density at radius 1 is 1.03 bits per heavy atom. The number of rotatable bonds is 4. The molecule has 0 atom stereocenters. The molecular weight excluding hydrogens is 410 g/mol. The predicted octanol–water partition coefficient (Wildman–Crippen LogP) is 5.48. The van der Waals surface area contributed by atoms with Gasteiger partial charge in [0.1, 0.15) is 0 Å². The van der Waals surface area contributed by atoms with E-state index >= 15 is 0 Å². The molecule has 0 saturated heterocycles. The number of aryl methyl sites for hydroxylation is 1. The topological polar surface area (TPSA) is 61.4 Å². The van der Waals surface area contributed by atoms with E-state index < -0.39 is 0 Å². The van der Waals surface area contributed by atoms with Crippen LogP contribution in [-0.4, -0.2) is 18.5 Å². The number of nitrogens with one attached hydrogen (secondary N) is 2. The van der Waals surface area contributed by atoms with Crippen LogP contribution in [0.2, 0.25) is 5.02 Å². The Labute approximate surface area is 187 Å². The Morgan fingerprint density at radius 2 is 1.84 bits per heavy atom. The van der Waals surface area contributed by atoms with Crippen LogP contribution in [-0.2, 0) is 13.0 Å². The summed E-state index contributed by atoms with van der Waals surface area (Å²) in [6, 6.07) is 18.7. The van der Waals surface area contributed by atoms with Crippen molar-refractivity contribution in [3.8, 4) is 0 Å². The zero-order valence-corrected chi connectivity index (χ0v) is 18.3. The normalized spacial score (nSPS) is 12.4. The second-order valence-corrected chi connectivity index (χ2v) is 8.17. The minimum absolute atomic E-state index is 0.00161. The van der Waals surface area contributed by atoms with Crippen molar-refractivity contribution in [1.82, 2.24) is 5.32 Å². The first-order valence-corrected chi connectivity index (χ1v) is 10.6. The fourth-order valence-electron chi connectivity index (χ4n) is 3.77. The monoisotopic (exact) mass is 433 g/mol. The molecule has 3 amide bonds. The van der Waals surface area contributed by atoms with Crippen molar-refractivity contribution in [2.75, 3.05) is 16.8 Å². The maximum atomic E-state index is 13.0. The Balaban J connectivity index is 1.44. The van der Waals surface area contributed by atoms with E-state index in [9.17, 15) is 9.59 Å². The highest BCUT2D eigenvalue weighted by Gasteiger charge is 2.26. The molecule has 0 unspecified atom stereocenters. The number of carbonyl (C=O) groups excluding carboxylic acids is 2. The molecule has 0 saturated carbocycles. The van der Waals surface area contributed by atoms with E-state index in [-0.39, 0.29) is 11.9 Å². The fourth-order valence-corrected chi connectivity index (χ4v) is 3.95. The van der Waals surface area contributed by atoms with E-state index in [4.69, 9.17) is 11.6 Å². The quantitative estimate of drug-likeness (QED) is 0.572. The minimum Gasteiger partial charge on any atom is -0.334 e. The van der Waals surface area contributed by atoms with Crippen LogP contribution >= 0.6 is 11.6 Å². The highest BCUT2D eigenvalue weighted by Crippen LogP contribution is 2.30. The van der Waals surface area contributed by atoms with Gasteiger partial charge in [-0.3, -0.25) is 4.79 Å². The van der Waals surface area contributed by atoms with E-state index in [1.54, 1.807) is 12.1 Å². The van der Waals surface area contributed by atoms with Gasteiger partial charge in [0.05, 0.1) is 0 Å². The van der Waals surface area contributed by atoms with Crippen molar-refractivity contribution < 1.29 is 9.59 Å². The number of halogens is 1. The molecule has 0 radical (unpaired) electrons. The molecule has 6 heteroatoms. The molecule has 31 heavy (non-hydrogen) atoms. The van der Waals surface area contributed by atoms with Gasteiger partial charge in [0.2, 0.25) is 0 Å². The van der Waals surface area contributed by atoms with Crippen LogP contribution in [0.25, 0.3) is 0 Å². The molecule has 1 heterocycles. The predicted molar refractivity (Wildman–Crippen MR) is 125 cm³/mol. The van der Waals surface area contributed by atoms with Gasteiger partial charge in [-0.25, -0.2) is 4.79 Å². The third-order valence-electron chi connectivity index (χ3n) is 5.52. The molecule has 3 aromatic carbocycles. The van der Waals surface area contributed by atoms with Gasteiger partial charge in [-0.05, 0) is 67.3 Å². The summed E-state index contributed by atoms with van der Waals surface area (Å²) in [5.74, 6) is 0.00161. The number of carbonyl (C=O) groups is 2. The second kappa shape index (κ2) is 8.82. The molecule has 3 aromatic rings. The Bertz CT molecular complexity index is 1160. The summed E-state index contributed by atoms with van der Waals surface area (Å²) in [5.41, 5.74) is 6.23. The van der Waals surface area contributed by atoms with Gasteiger partial charge in [-0.2, -0.15) is 0 Å². The summed E-state index contributed by atoms with van der Waals surface area (Å²) >= 11 is 6.11. The van der Waals surface area contributed by atoms with Crippen LogP contribution in [0.5, 0.6) is 0 Å². The molecule has 2 N–H and O–H groups in total. The molecule has 0 bridgehead atoms. The standard InChI is InChI=1S/C25H24ClN3O2/c1-16-5-3-6-20(13-16)24(30)29-12-11-19-10-9-18(14-23(19)29)15-27-25(31)28-22-8-4-7-21(26)17(22)2/h3-10,13-14H,11-12,15H2,1-2H3,(H2,27,28,31). The van der Waals surface area contributed by atoms with Gasteiger partial charge in [0, 0.05) is 35.1 Å². The van der Waals surface area contributed by atoms with Gasteiger partial charge < -0.3 is 15.5 Å². The molecule has 0 fully saturated rings. The van der Waals surface area contributed by atoms with Crippen molar-refractivity contribution in [2.24, 2.45) is 0 Å². The first kappa shape index (κ1) is 20.9. The highest BCUT2D eigenvalue weighted by atomic mass is 35.5. The summed E-state index contributed by atoms with van der Waals surface area (Å²) in [6.45, 7) is 4.85.